The highest BCUT2D eigenvalue weighted by atomic mass is 79.9. The van der Waals surface area contributed by atoms with E-state index in [2.05, 4.69) is 44.7 Å². The SMILES string of the molecule is C=CCCC(=O)N[C@H](COC)[C@H](OC(=O)[C@H]1[C@@H]2O[C@@]3(CC2Br)[C@@H]1C(=O)N([C@@H](CC)CO)[C@@H]3C(=O)N(CC=C)Cn1nnc2ccccc21)c1ccccc1. The van der Waals surface area contributed by atoms with Gasteiger partial charge in [0.1, 0.15) is 29.9 Å². The summed E-state index contributed by atoms with van der Waals surface area (Å²) >= 11 is 3.73. The third-order valence-electron chi connectivity index (χ3n) is 10.7. The van der Waals surface area contributed by atoms with Crippen LogP contribution in [-0.4, -0.2) is 115 Å². The molecule has 0 aliphatic carbocycles. The van der Waals surface area contributed by atoms with E-state index in [-0.39, 0.29) is 38.6 Å². The Bertz CT molecular complexity index is 1850. The number of esters is 1. The first-order valence-corrected chi connectivity index (χ1v) is 19.1. The van der Waals surface area contributed by atoms with Crippen LogP contribution in [0.1, 0.15) is 44.3 Å². The minimum absolute atomic E-state index is 0.00532. The second-order valence-corrected chi connectivity index (χ2v) is 15.1. The van der Waals surface area contributed by atoms with E-state index in [0.717, 1.165) is 5.52 Å². The molecular formula is C39H47BrN6O8. The van der Waals surface area contributed by atoms with Crippen molar-refractivity contribution >= 4 is 50.7 Å². The maximum atomic E-state index is 15.0. The highest BCUT2D eigenvalue weighted by molar-refractivity contribution is 9.09. The number of halogens is 1. The van der Waals surface area contributed by atoms with Crippen molar-refractivity contribution in [3.63, 3.8) is 0 Å². The molecule has 54 heavy (non-hydrogen) atoms. The zero-order valence-electron chi connectivity index (χ0n) is 30.5. The van der Waals surface area contributed by atoms with Gasteiger partial charge in [0.05, 0.1) is 48.8 Å². The summed E-state index contributed by atoms with van der Waals surface area (Å²) in [5.41, 5.74) is 0.571. The van der Waals surface area contributed by atoms with Gasteiger partial charge in [0.2, 0.25) is 17.7 Å². The van der Waals surface area contributed by atoms with Gasteiger partial charge in [-0.3, -0.25) is 19.2 Å². The number of methoxy groups -OCH3 is 1. The first-order chi connectivity index (χ1) is 26.1. The van der Waals surface area contributed by atoms with E-state index in [1.807, 2.05) is 37.3 Å². The molecule has 4 heterocycles. The van der Waals surface area contributed by atoms with Crippen molar-refractivity contribution in [2.75, 3.05) is 26.9 Å². The number of carbonyl (C=O) groups is 4. The summed E-state index contributed by atoms with van der Waals surface area (Å²) in [4.78, 5) is 59.9. The van der Waals surface area contributed by atoms with Crippen LogP contribution in [0.4, 0.5) is 0 Å². The van der Waals surface area contributed by atoms with Gasteiger partial charge < -0.3 is 34.4 Å². The molecule has 1 spiro atoms. The molecule has 3 fully saturated rings. The molecule has 14 nitrogen and oxygen atoms in total. The van der Waals surface area contributed by atoms with Gasteiger partial charge >= 0.3 is 5.97 Å². The van der Waals surface area contributed by atoms with Crippen LogP contribution in [0, 0.1) is 11.8 Å². The molecule has 15 heteroatoms. The number of likely N-dealkylation sites (tertiary alicyclic amines) is 1. The zero-order chi connectivity index (χ0) is 38.6. The number of rotatable bonds is 18. The first-order valence-electron chi connectivity index (χ1n) is 18.2. The van der Waals surface area contributed by atoms with Crippen LogP contribution in [0.5, 0.6) is 0 Å². The topological polar surface area (TPSA) is 165 Å². The van der Waals surface area contributed by atoms with Crippen molar-refractivity contribution in [3.05, 3.63) is 85.5 Å². The van der Waals surface area contributed by atoms with Gasteiger partial charge in [-0.1, -0.05) is 82.7 Å². The van der Waals surface area contributed by atoms with Gasteiger partial charge in [-0.25, -0.2) is 4.68 Å². The Kier molecular flexibility index (Phi) is 12.3. The summed E-state index contributed by atoms with van der Waals surface area (Å²) in [5.74, 6) is -4.07. The summed E-state index contributed by atoms with van der Waals surface area (Å²) in [6.07, 6.45) is 2.71. The number of fused-ring (bicyclic) bond motifs is 2. The number of alkyl halides is 1. The third-order valence-corrected chi connectivity index (χ3v) is 11.5. The van der Waals surface area contributed by atoms with Gasteiger partial charge in [0.15, 0.2) is 0 Å². The normalized spacial score (nSPS) is 25.9. The summed E-state index contributed by atoms with van der Waals surface area (Å²) in [5, 5.41) is 22.0. The molecule has 9 atom stereocenters. The third kappa shape index (κ3) is 7.21. The van der Waals surface area contributed by atoms with Crippen LogP contribution in [-0.2, 0) is 40.1 Å². The Labute approximate surface area is 322 Å². The maximum absolute atomic E-state index is 15.0. The molecule has 6 rings (SSSR count). The average molecular weight is 808 g/mol. The Balaban J connectivity index is 1.36. The molecule has 3 amide bonds. The van der Waals surface area contributed by atoms with Crippen LogP contribution in [0.15, 0.2) is 79.9 Å². The van der Waals surface area contributed by atoms with E-state index in [4.69, 9.17) is 14.2 Å². The van der Waals surface area contributed by atoms with Crippen LogP contribution in [0.3, 0.4) is 0 Å². The fourth-order valence-electron chi connectivity index (χ4n) is 8.28. The second kappa shape index (κ2) is 16.9. The Morgan fingerprint density at radius 2 is 1.91 bits per heavy atom. The van der Waals surface area contributed by atoms with Crippen molar-refractivity contribution in [1.29, 1.82) is 0 Å². The standard InChI is InChI=1S/C39H47BrN6O8/c1-5-8-18-30(48)41-28(22-52-4)33(24-14-10-9-11-15-24)53-38(51)31-32-36(49)46(25(7-3)21-47)35(39(32)20-26(40)34(31)54-39)37(50)44(19-6-2)23-45-29-17-13-12-16-27(29)42-43-45/h5-6,9-17,25-26,28,31-35,47H,1-2,7-8,18-23H2,3-4H3,(H,41,48)/t25-,26?,28+,31+,32-,33+,34+,35+,39-/m0/s1. The van der Waals surface area contributed by atoms with E-state index in [1.165, 1.54) is 16.9 Å². The van der Waals surface area contributed by atoms with Crippen molar-refractivity contribution in [2.45, 2.75) is 80.0 Å². The van der Waals surface area contributed by atoms with Gasteiger partial charge in [-0.15, -0.1) is 18.3 Å². The zero-order valence-corrected chi connectivity index (χ0v) is 32.0. The molecule has 3 aliphatic rings. The fraction of sp³-hybridized carbons (Fsp3) is 0.487. The molecule has 3 aliphatic heterocycles. The van der Waals surface area contributed by atoms with E-state index in [0.29, 0.717) is 23.9 Å². The van der Waals surface area contributed by atoms with Gasteiger partial charge in [0.25, 0.3) is 0 Å². The number of aromatic nitrogens is 3. The fourth-order valence-corrected chi connectivity index (χ4v) is 9.22. The number of allylic oxidation sites excluding steroid dienone is 1. The largest absolute Gasteiger partial charge is 0.455 e. The van der Waals surface area contributed by atoms with Gasteiger partial charge in [-0.2, -0.15) is 0 Å². The molecule has 0 saturated carbocycles. The van der Waals surface area contributed by atoms with E-state index in [1.54, 1.807) is 41.1 Å². The van der Waals surface area contributed by atoms with Crippen molar-refractivity contribution in [3.8, 4) is 0 Å². The molecule has 2 N–H and O–H groups in total. The van der Waals surface area contributed by atoms with Gasteiger partial charge in [0, 0.05) is 24.9 Å². The molecule has 0 radical (unpaired) electrons. The molecule has 288 valence electrons. The molecule has 1 unspecified atom stereocenters. The lowest BCUT2D eigenvalue weighted by Gasteiger charge is -2.39. The number of hydrogen-bond donors (Lipinski definition) is 2. The lowest BCUT2D eigenvalue weighted by molar-refractivity contribution is -0.163. The molecular weight excluding hydrogens is 760 g/mol. The lowest BCUT2D eigenvalue weighted by atomic mass is 9.70. The first kappa shape index (κ1) is 39.3. The summed E-state index contributed by atoms with van der Waals surface area (Å²) in [6.45, 7) is 9.14. The molecule has 3 aromatic rings. The number of aliphatic hydroxyl groups is 1. The maximum Gasteiger partial charge on any atom is 0.313 e. The Morgan fingerprint density at radius 3 is 2.59 bits per heavy atom. The number of benzene rings is 2. The van der Waals surface area contributed by atoms with E-state index in [9.17, 15) is 24.3 Å². The van der Waals surface area contributed by atoms with Crippen LogP contribution in [0.2, 0.25) is 0 Å². The number of hydrogen-bond acceptors (Lipinski definition) is 10. The van der Waals surface area contributed by atoms with Crippen molar-refractivity contribution < 1.29 is 38.5 Å². The summed E-state index contributed by atoms with van der Waals surface area (Å²) in [7, 11) is 1.49. The number of ether oxygens (including phenoxy) is 3. The van der Waals surface area contributed by atoms with Crippen LogP contribution >= 0.6 is 15.9 Å². The number of nitrogens with one attached hydrogen (secondary N) is 1. The quantitative estimate of drug-likeness (QED) is 0.111. The number of aliphatic hydroxyl groups excluding tert-OH is 1. The van der Waals surface area contributed by atoms with Crippen molar-refractivity contribution in [2.24, 2.45) is 11.8 Å². The average Bonchev–Trinajstić information content (AvgIpc) is 3.90. The molecule has 1 aromatic heterocycles. The Morgan fingerprint density at radius 1 is 1.17 bits per heavy atom. The number of carbonyl (C=O) groups excluding carboxylic acids is 4. The Hall–Kier alpha value is -4.44. The predicted molar refractivity (Wildman–Crippen MR) is 202 cm³/mol. The number of para-hydroxylation sites is 1. The minimum Gasteiger partial charge on any atom is -0.455 e. The van der Waals surface area contributed by atoms with Crippen LogP contribution in [0.25, 0.3) is 11.0 Å². The number of amides is 3. The second-order valence-electron chi connectivity index (χ2n) is 13.9. The van der Waals surface area contributed by atoms with Gasteiger partial charge in [-0.05, 0) is 37.0 Å². The number of nitrogens with zero attached hydrogens (tertiary/aromatic N) is 5. The predicted octanol–water partition coefficient (Wildman–Crippen LogP) is 3.30. The van der Waals surface area contributed by atoms with Crippen molar-refractivity contribution in [1.82, 2.24) is 30.1 Å². The van der Waals surface area contributed by atoms with E-state index < -0.39 is 77.0 Å². The molecule has 3 saturated heterocycles. The summed E-state index contributed by atoms with van der Waals surface area (Å²) in [6, 6.07) is 13.7. The minimum atomic E-state index is -1.42. The summed E-state index contributed by atoms with van der Waals surface area (Å²) < 4.78 is 20.2. The highest BCUT2D eigenvalue weighted by Gasteiger charge is 2.77. The van der Waals surface area contributed by atoms with E-state index >= 15 is 0 Å². The molecule has 2 aromatic carbocycles. The highest BCUT2D eigenvalue weighted by Crippen LogP contribution is 2.61. The smallest absolute Gasteiger partial charge is 0.313 e. The van der Waals surface area contributed by atoms with Crippen LogP contribution < -0.4 is 5.32 Å². The lowest BCUT2D eigenvalue weighted by Crippen LogP contribution is -2.59. The monoisotopic (exact) mass is 806 g/mol. The molecule has 2 bridgehead atoms.